The van der Waals surface area contributed by atoms with E-state index >= 15 is 0 Å². The first-order chi connectivity index (χ1) is 9.99. The van der Waals surface area contributed by atoms with Crippen LogP contribution in [-0.2, 0) is 6.54 Å². The molecule has 2 rings (SSSR count). The number of aromatic nitrogens is 2. The van der Waals surface area contributed by atoms with Crippen molar-refractivity contribution < 1.29 is 9.21 Å². The minimum atomic E-state index is -0.743. The molecule has 0 saturated heterocycles. The molecule has 0 saturated carbocycles. The Hall–Kier alpha value is -2.84. The maximum atomic E-state index is 12.4. The van der Waals surface area contributed by atoms with Crippen LogP contribution in [0.4, 0.5) is 0 Å². The third kappa shape index (κ3) is 2.57. The Labute approximate surface area is 119 Å². The number of nitrogens with zero attached hydrogens (tertiary/aromatic N) is 5. The number of nitrogens with two attached hydrogens (primary N) is 1. The molecule has 21 heavy (non-hydrogen) atoms. The van der Waals surface area contributed by atoms with Crippen LogP contribution in [0.3, 0.4) is 0 Å². The molecule has 110 valence electrons. The Bertz CT molecular complexity index is 814. The number of aliphatic imine (C=N–C) groups is 1. The fraction of sp³-hybridized carbons (Fsp3) is 0.333. The van der Waals surface area contributed by atoms with Gasteiger partial charge in [0.2, 0.25) is 5.71 Å². The Morgan fingerprint density at radius 1 is 1.48 bits per heavy atom. The van der Waals surface area contributed by atoms with Gasteiger partial charge in [0.25, 0.3) is 11.5 Å². The van der Waals surface area contributed by atoms with Crippen molar-refractivity contribution >= 4 is 22.8 Å². The summed E-state index contributed by atoms with van der Waals surface area (Å²) in [6.45, 7) is 1.70. The van der Waals surface area contributed by atoms with Crippen LogP contribution < -0.4 is 11.3 Å². The molecule has 9 heteroatoms. The van der Waals surface area contributed by atoms with Gasteiger partial charge in [-0.25, -0.2) is 4.98 Å². The lowest BCUT2D eigenvalue weighted by Crippen LogP contribution is -2.24. The van der Waals surface area contributed by atoms with Crippen molar-refractivity contribution in [3.63, 3.8) is 0 Å². The highest BCUT2D eigenvalue weighted by Gasteiger charge is 2.19. The molecular weight excluding hydrogens is 276 g/mol. The zero-order chi connectivity index (χ0) is 15.6. The molecule has 1 amide bonds. The minimum absolute atomic E-state index is 0.0648. The van der Waals surface area contributed by atoms with E-state index in [1.807, 2.05) is 0 Å². The average molecular weight is 290 g/mol. The molecule has 2 N–H and O–H groups in total. The first-order valence-corrected chi connectivity index (χ1v) is 6.03. The van der Waals surface area contributed by atoms with Crippen LogP contribution in [0.15, 0.2) is 30.8 Å². The fourth-order valence-corrected chi connectivity index (χ4v) is 1.92. The number of amidine groups is 1. The number of amides is 1. The van der Waals surface area contributed by atoms with E-state index in [2.05, 4.69) is 20.2 Å². The largest absolute Gasteiger partial charge is 0.432 e. The number of hydrogen-bond donors (Lipinski definition) is 1. The summed E-state index contributed by atoms with van der Waals surface area (Å²) in [7, 11) is 3.06. The topological polar surface area (TPSA) is 128 Å². The number of furan rings is 1. The third-order valence-corrected chi connectivity index (χ3v) is 2.93. The van der Waals surface area contributed by atoms with Gasteiger partial charge in [-0.05, 0) is 6.92 Å². The Balaban J connectivity index is 2.59. The summed E-state index contributed by atoms with van der Waals surface area (Å²) in [6.07, 6.45) is 1.30. The minimum Gasteiger partial charge on any atom is -0.432 e. The second-order valence-electron chi connectivity index (χ2n) is 4.22. The van der Waals surface area contributed by atoms with E-state index in [0.717, 1.165) is 0 Å². The number of aryl methyl sites for hydroxylation is 1. The summed E-state index contributed by atoms with van der Waals surface area (Å²) in [4.78, 5) is 31.6. The number of primary amides is 1. The summed E-state index contributed by atoms with van der Waals surface area (Å²) < 4.78 is 6.52. The quantitative estimate of drug-likeness (QED) is 0.501. The fourth-order valence-electron chi connectivity index (χ4n) is 1.92. The van der Waals surface area contributed by atoms with Crippen LogP contribution >= 0.6 is 0 Å². The van der Waals surface area contributed by atoms with Crippen molar-refractivity contribution in [3.05, 3.63) is 28.0 Å². The van der Waals surface area contributed by atoms with Crippen LogP contribution in [0.1, 0.15) is 16.1 Å². The number of azo groups is 1. The second-order valence-corrected chi connectivity index (χ2v) is 4.22. The lowest BCUT2D eigenvalue weighted by Gasteiger charge is -2.03. The molecule has 0 spiro atoms. The first-order valence-electron chi connectivity index (χ1n) is 6.03. The standard InChI is InChI=1S/C12H14N6O3/c1-6-8-11(21-9(6)10(13)19)16-5-18(12(8)20)4-7(14-2)17-15-3/h5H,4H2,1-3H3,(H2,13,19). The molecule has 2 aromatic heterocycles. The maximum Gasteiger partial charge on any atom is 0.284 e. The van der Waals surface area contributed by atoms with Gasteiger partial charge in [-0.15, -0.1) is 5.11 Å². The summed E-state index contributed by atoms with van der Waals surface area (Å²) in [5, 5.41) is 7.64. The van der Waals surface area contributed by atoms with E-state index in [1.165, 1.54) is 17.9 Å². The van der Waals surface area contributed by atoms with Crippen molar-refractivity contribution in [3.8, 4) is 0 Å². The predicted molar refractivity (Wildman–Crippen MR) is 75.7 cm³/mol. The van der Waals surface area contributed by atoms with Crippen molar-refractivity contribution in [2.24, 2.45) is 21.0 Å². The smallest absolute Gasteiger partial charge is 0.284 e. The molecule has 0 unspecified atom stereocenters. The van der Waals surface area contributed by atoms with E-state index in [-0.39, 0.29) is 29.0 Å². The molecule has 9 nitrogen and oxygen atoms in total. The average Bonchev–Trinajstić information content (AvgIpc) is 2.79. The highest BCUT2D eigenvalue weighted by molar-refractivity contribution is 5.96. The summed E-state index contributed by atoms with van der Waals surface area (Å²) in [5.74, 6) is -0.436. The highest BCUT2D eigenvalue weighted by atomic mass is 16.4. The van der Waals surface area contributed by atoms with Gasteiger partial charge in [-0.1, -0.05) is 0 Å². The maximum absolute atomic E-state index is 12.4. The van der Waals surface area contributed by atoms with Crippen molar-refractivity contribution in [2.45, 2.75) is 13.5 Å². The Kier molecular flexibility index (Phi) is 3.92. The van der Waals surface area contributed by atoms with Crippen LogP contribution in [0.5, 0.6) is 0 Å². The Morgan fingerprint density at radius 3 is 2.76 bits per heavy atom. The highest BCUT2D eigenvalue weighted by Crippen LogP contribution is 2.19. The summed E-state index contributed by atoms with van der Waals surface area (Å²) in [5.41, 5.74) is 5.28. The Morgan fingerprint density at radius 2 is 2.19 bits per heavy atom. The summed E-state index contributed by atoms with van der Waals surface area (Å²) in [6, 6.07) is 0. The SMILES string of the molecule is CN=NC(Cn1cnc2oc(C(N)=O)c(C)c2c1=O)=NC. The molecule has 0 aliphatic carbocycles. The van der Waals surface area contributed by atoms with Crippen LogP contribution in [-0.4, -0.2) is 35.4 Å². The van der Waals surface area contributed by atoms with Gasteiger partial charge in [0.05, 0.1) is 6.54 Å². The van der Waals surface area contributed by atoms with Crippen molar-refractivity contribution in [2.75, 3.05) is 14.1 Å². The van der Waals surface area contributed by atoms with Gasteiger partial charge in [0.1, 0.15) is 11.7 Å². The molecule has 0 fully saturated rings. The van der Waals surface area contributed by atoms with E-state index in [9.17, 15) is 9.59 Å². The summed E-state index contributed by atoms with van der Waals surface area (Å²) >= 11 is 0. The number of fused-ring (bicyclic) bond motifs is 1. The van der Waals surface area contributed by atoms with Crippen molar-refractivity contribution in [1.82, 2.24) is 9.55 Å². The second kappa shape index (κ2) is 5.65. The van der Waals surface area contributed by atoms with Gasteiger partial charge in [0.15, 0.2) is 11.6 Å². The lowest BCUT2D eigenvalue weighted by atomic mass is 10.2. The van der Waals surface area contributed by atoms with Gasteiger partial charge >= 0.3 is 0 Å². The molecule has 0 aliphatic rings. The third-order valence-electron chi connectivity index (χ3n) is 2.93. The first kappa shape index (κ1) is 14.6. The van der Waals surface area contributed by atoms with Gasteiger partial charge < -0.3 is 10.2 Å². The number of carbonyl (C=O) groups is 1. The van der Waals surface area contributed by atoms with Crippen molar-refractivity contribution in [1.29, 1.82) is 0 Å². The van der Waals surface area contributed by atoms with Crippen LogP contribution in [0, 0.1) is 6.92 Å². The number of carbonyl (C=O) groups excluding carboxylic acids is 1. The molecule has 2 heterocycles. The van der Waals surface area contributed by atoms with E-state index in [4.69, 9.17) is 10.2 Å². The van der Waals surface area contributed by atoms with Gasteiger partial charge in [0, 0.05) is 19.7 Å². The molecule has 0 aliphatic heterocycles. The van der Waals surface area contributed by atoms with E-state index < -0.39 is 5.91 Å². The number of hydrogen-bond acceptors (Lipinski definition) is 6. The lowest BCUT2D eigenvalue weighted by molar-refractivity contribution is 0.0975. The molecular formula is C12H14N6O3. The zero-order valence-electron chi connectivity index (χ0n) is 11.8. The zero-order valence-corrected chi connectivity index (χ0v) is 11.8. The number of rotatable bonds is 3. The van der Waals surface area contributed by atoms with Gasteiger partial charge in [-0.3, -0.25) is 19.1 Å². The normalized spacial score (nSPS) is 12.4. The van der Waals surface area contributed by atoms with Gasteiger partial charge in [-0.2, -0.15) is 5.11 Å². The molecule has 0 atom stereocenters. The van der Waals surface area contributed by atoms with Crippen LogP contribution in [0.25, 0.3) is 11.1 Å². The molecule has 2 aromatic rings. The predicted octanol–water partition coefficient (Wildman–Crippen LogP) is 0.507. The monoisotopic (exact) mass is 290 g/mol. The molecule has 0 bridgehead atoms. The molecule has 0 radical (unpaired) electrons. The van der Waals surface area contributed by atoms with E-state index in [1.54, 1.807) is 14.0 Å². The molecule has 0 aromatic carbocycles. The van der Waals surface area contributed by atoms with Crippen LogP contribution in [0.2, 0.25) is 0 Å². The van der Waals surface area contributed by atoms with E-state index in [0.29, 0.717) is 11.4 Å².